The molecule has 0 bridgehead atoms. The van der Waals surface area contributed by atoms with Gasteiger partial charge in [-0.15, -0.1) is 5.92 Å². The van der Waals surface area contributed by atoms with Crippen LogP contribution in [0.2, 0.25) is 0 Å². The Morgan fingerprint density at radius 1 is 1.20 bits per heavy atom. The molecule has 4 nitrogen and oxygen atoms in total. The number of aromatic nitrogens is 1. The van der Waals surface area contributed by atoms with Crippen molar-refractivity contribution in [1.82, 2.24) is 4.57 Å². The van der Waals surface area contributed by atoms with Crippen molar-refractivity contribution in [3.8, 4) is 23.3 Å². The predicted octanol–water partition coefficient (Wildman–Crippen LogP) is 5.01. The molecule has 2 aromatic rings. The normalized spacial score (nSPS) is 15.3. The predicted molar refractivity (Wildman–Crippen MR) is 112 cm³/mol. The van der Waals surface area contributed by atoms with E-state index in [9.17, 15) is 13.6 Å². The minimum absolute atomic E-state index is 0.0337. The van der Waals surface area contributed by atoms with Gasteiger partial charge in [-0.05, 0) is 57.2 Å². The molecular formula is C23H24ClF2NO3. The van der Waals surface area contributed by atoms with Gasteiger partial charge in [0, 0.05) is 23.5 Å². The van der Waals surface area contributed by atoms with Crippen LogP contribution >= 0.6 is 11.6 Å². The molecule has 1 aliphatic carbocycles. The van der Waals surface area contributed by atoms with E-state index in [-0.39, 0.29) is 23.5 Å². The summed E-state index contributed by atoms with van der Waals surface area (Å²) >= 11 is 6.97. The highest BCUT2D eigenvalue weighted by molar-refractivity contribution is 6.26. The van der Waals surface area contributed by atoms with Crippen LogP contribution in [-0.2, 0) is 11.4 Å². The van der Waals surface area contributed by atoms with E-state index in [1.54, 1.807) is 19.1 Å². The van der Waals surface area contributed by atoms with Gasteiger partial charge in [0.2, 0.25) is 0 Å². The first kappa shape index (κ1) is 22.2. The van der Waals surface area contributed by atoms with E-state index in [2.05, 4.69) is 16.6 Å². The lowest BCUT2D eigenvalue weighted by atomic mass is 9.97. The van der Waals surface area contributed by atoms with Crippen molar-refractivity contribution in [2.75, 3.05) is 6.61 Å². The van der Waals surface area contributed by atoms with E-state index in [0.29, 0.717) is 18.1 Å². The van der Waals surface area contributed by atoms with Crippen molar-refractivity contribution < 1.29 is 18.3 Å². The lowest BCUT2D eigenvalue weighted by molar-refractivity contribution is -0.0515. The maximum Gasteiger partial charge on any atom is 0.387 e. The summed E-state index contributed by atoms with van der Waals surface area (Å²) in [5.74, 6) is 6.51. The quantitative estimate of drug-likeness (QED) is 0.432. The summed E-state index contributed by atoms with van der Waals surface area (Å²) in [7, 11) is 0. The zero-order valence-corrected chi connectivity index (χ0v) is 17.9. The largest absolute Gasteiger partial charge is 0.489 e. The van der Waals surface area contributed by atoms with Gasteiger partial charge < -0.3 is 14.0 Å². The average Bonchev–Trinajstić information content (AvgIpc) is 3.48. The van der Waals surface area contributed by atoms with E-state index < -0.39 is 11.5 Å². The third-order valence-corrected chi connectivity index (χ3v) is 5.47. The van der Waals surface area contributed by atoms with Crippen LogP contribution in [0.5, 0.6) is 11.5 Å². The molecule has 1 saturated carbocycles. The minimum atomic E-state index is -2.96. The Morgan fingerprint density at radius 2 is 1.87 bits per heavy atom. The highest BCUT2D eigenvalue weighted by atomic mass is 35.5. The van der Waals surface area contributed by atoms with Crippen LogP contribution in [-0.4, -0.2) is 17.8 Å². The first-order chi connectivity index (χ1) is 14.2. The molecule has 1 heterocycles. The Morgan fingerprint density at radius 3 is 2.43 bits per heavy atom. The van der Waals surface area contributed by atoms with E-state index in [1.165, 1.54) is 18.2 Å². The van der Waals surface area contributed by atoms with Gasteiger partial charge in [-0.3, -0.25) is 4.79 Å². The Hall–Kier alpha value is -2.52. The molecule has 30 heavy (non-hydrogen) atoms. The van der Waals surface area contributed by atoms with Gasteiger partial charge in [0.15, 0.2) is 16.9 Å². The maximum atomic E-state index is 12.8. The second-order valence-electron chi connectivity index (χ2n) is 7.53. The minimum Gasteiger partial charge on any atom is -0.489 e. The van der Waals surface area contributed by atoms with E-state index >= 15 is 0 Å². The number of hydrogen-bond acceptors (Lipinski definition) is 3. The third kappa shape index (κ3) is 5.34. The Kier molecular flexibility index (Phi) is 6.72. The Labute approximate surface area is 179 Å². The molecular weight excluding hydrogens is 412 g/mol. The molecule has 0 aliphatic heterocycles. The summed E-state index contributed by atoms with van der Waals surface area (Å²) in [6.45, 7) is 3.09. The highest BCUT2D eigenvalue weighted by Crippen LogP contribution is 2.39. The zero-order valence-electron chi connectivity index (χ0n) is 17.2. The molecule has 3 rings (SSSR count). The number of nitrogens with zero attached hydrogens (tertiary/aromatic N) is 1. The fraction of sp³-hybridized carbons (Fsp3) is 0.435. The van der Waals surface area contributed by atoms with Crippen LogP contribution in [0.4, 0.5) is 8.78 Å². The second kappa shape index (κ2) is 9.09. The molecule has 160 valence electrons. The summed E-state index contributed by atoms with van der Waals surface area (Å²) in [4.78, 5) is 10.6. The van der Waals surface area contributed by atoms with Crippen LogP contribution in [0, 0.1) is 31.6 Å². The van der Waals surface area contributed by atoms with Crippen LogP contribution in [0.15, 0.2) is 35.1 Å². The zero-order chi connectivity index (χ0) is 21.9. The van der Waals surface area contributed by atoms with Crippen molar-refractivity contribution in [2.24, 2.45) is 5.92 Å². The molecule has 1 fully saturated rings. The van der Waals surface area contributed by atoms with Crippen molar-refractivity contribution >= 4 is 11.6 Å². The SMILES string of the molecule is CC#CC(Cl)(Cn1c(C)cc(=O)cc1C)c1ccc(OC(F)F)c(OCC2CC2)c1. The smallest absolute Gasteiger partial charge is 0.387 e. The molecule has 0 spiro atoms. The fourth-order valence-corrected chi connectivity index (χ4v) is 3.64. The summed E-state index contributed by atoms with van der Waals surface area (Å²) in [5.41, 5.74) is 2.03. The molecule has 1 atom stereocenters. The van der Waals surface area contributed by atoms with E-state index in [4.69, 9.17) is 16.3 Å². The van der Waals surface area contributed by atoms with E-state index in [1.807, 2.05) is 18.4 Å². The lowest BCUT2D eigenvalue weighted by Gasteiger charge is -2.27. The number of halogens is 3. The number of alkyl halides is 3. The Balaban J connectivity index is 2.00. The Bertz CT molecular complexity index is 1010. The number of rotatable bonds is 8. The maximum absolute atomic E-state index is 12.8. The first-order valence-corrected chi connectivity index (χ1v) is 10.1. The fourth-order valence-electron chi connectivity index (χ4n) is 3.31. The highest BCUT2D eigenvalue weighted by Gasteiger charge is 2.31. The number of hydrogen-bond donors (Lipinski definition) is 0. The molecule has 1 aromatic carbocycles. The molecule has 0 saturated heterocycles. The van der Waals surface area contributed by atoms with Crippen molar-refractivity contribution in [3.05, 3.63) is 57.5 Å². The molecule has 0 radical (unpaired) electrons. The number of pyridine rings is 1. The van der Waals surface area contributed by atoms with Crippen molar-refractivity contribution in [3.63, 3.8) is 0 Å². The number of benzene rings is 1. The van der Waals surface area contributed by atoms with Gasteiger partial charge in [0.05, 0.1) is 13.2 Å². The molecule has 7 heteroatoms. The lowest BCUT2D eigenvalue weighted by Crippen LogP contribution is -2.27. The molecule has 1 aliphatic rings. The van der Waals surface area contributed by atoms with E-state index in [0.717, 1.165) is 24.2 Å². The van der Waals surface area contributed by atoms with Crippen LogP contribution in [0.3, 0.4) is 0 Å². The topological polar surface area (TPSA) is 40.5 Å². The first-order valence-electron chi connectivity index (χ1n) is 9.75. The molecule has 1 aromatic heterocycles. The molecule has 0 N–H and O–H groups in total. The van der Waals surface area contributed by atoms with Crippen LogP contribution in [0.1, 0.15) is 36.7 Å². The van der Waals surface area contributed by atoms with Gasteiger partial charge in [0.25, 0.3) is 0 Å². The number of aryl methyl sites for hydroxylation is 2. The monoisotopic (exact) mass is 435 g/mol. The summed E-state index contributed by atoms with van der Waals surface area (Å²) < 4.78 is 37.9. The van der Waals surface area contributed by atoms with Crippen molar-refractivity contribution in [2.45, 2.75) is 51.6 Å². The van der Waals surface area contributed by atoms with Gasteiger partial charge in [-0.2, -0.15) is 8.78 Å². The van der Waals surface area contributed by atoms with Gasteiger partial charge in [0.1, 0.15) is 4.87 Å². The molecule has 1 unspecified atom stereocenters. The van der Waals surface area contributed by atoms with Crippen molar-refractivity contribution in [1.29, 1.82) is 0 Å². The van der Waals surface area contributed by atoms with Gasteiger partial charge in [-0.25, -0.2) is 0 Å². The average molecular weight is 436 g/mol. The molecule has 0 amide bonds. The standard InChI is InChI=1S/C23H24ClF2NO3/c1-4-9-23(24,14-27-15(2)10-19(28)11-16(27)3)18-7-8-20(30-22(25)26)21(12-18)29-13-17-5-6-17/h7-8,10-12,17,22H,5-6,13-14H2,1-3H3. The summed E-state index contributed by atoms with van der Waals surface area (Å²) in [5, 5.41) is 0. The number of ether oxygens (including phenoxy) is 2. The summed E-state index contributed by atoms with van der Waals surface area (Å²) in [6.07, 6.45) is 2.13. The van der Waals surface area contributed by atoms with Gasteiger partial charge >= 0.3 is 6.61 Å². The van der Waals surface area contributed by atoms with Crippen LogP contribution < -0.4 is 14.9 Å². The summed E-state index contributed by atoms with van der Waals surface area (Å²) in [6, 6.07) is 7.74. The van der Waals surface area contributed by atoms with Gasteiger partial charge in [-0.1, -0.05) is 23.6 Å². The van der Waals surface area contributed by atoms with Crippen LogP contribution in [0.25, 0.3) is 0 Å². The third-order valence-electron chi connectivity index (χ3n) is 5.04. The second-order valence-corrected chi connectivity index (χ2v) is 8.18.